The van der Waals surface area contributed by atoms with E-state index >= 15 is 0 Å². The predicted molar refractivity (Wildman–Crippen MR) is 161 cm³/mol. The Hall–Kier alpha value is -5.21. The number of rotatable bonds is 9. The highest BCUT2D eigenvalue weighted by Gasteiger charge is 2.20. The Kier molecular flexibility index (Phi) is 8.22. The average Bonchev–Trinajstić information content (AvgIpc) is 3.02. The zero-order chi connectivity index (χ0) is 28.7. The van der Waals surface area contributed by atoms with Crippen molar-refractivity contribution in [3.05, 3.63) is 150 Å². The van der Waals surface area contributed by atoms with E-state index in [0.717, 1.165) is 16.7 Å². The highest BCUT2D eigenvalue weighted by molar-refractivity contribution is 7.90. The van der Waals surface area contributed by atoms with Gasteiger partial charge >= 0.3 is 0 Å². The fourth-order valence-corrected chi connectivity index (χ4v) is 5.20. The number of hydrogen-bond acceptors (Lipinski definition) is 5. The molecule has 8 heteroatoms. The quantitative estimate of drug-likeness (QED) is 0.195. The standard InChI is InChI=1S/C33H27N3O4S/c37-32(27-12-6-2-7-13-27)35-30-21-20-28(33(38)36-41(39,40)29-14-8-3-9-15-29)22-31(30)34-23-24-16-18-26(19-17-24)25-10-4-1-5-11-25/h1-22,34H,23H2,(H,35,37)(H,36,38). The Morgan fingerprint density at radius 3 is 1.80 bits per heavy atom. The summed E-state index contributed by atoms with van der Waals surface area (Å²) in [5, 5.41) is 6.17. The molecule has 0 radical (unpaired) electrons. The number of amides is 2. The molecular formula is C33H27N3O4S. The van der Waals surface area contributed by atoms with Crippen molar-refractivity contribution in [3.63, 3.8) is 0 Å². The number of sulfonamides is 1. The minimum atomic E-state index is -4.06. The van der Waals surface area contributed by atoms with Gasteiger partial charge in [0.1, 0.15) is 0 Å². The molecular weight excluding hydrogens is 534 g/mol. The molecule has 0 saturated carbocycles. The Labute approximate surface area is 238 Å². The first kappa shape index (κ1) is 27.4. The molecule has 0 fully saturated rings. The fraction of sp³-hybridized carbons (Fsp3) is 0.0303. The Morgan fingerprint density at radius 1 is 0.561 bits per heavy atom. The molecule has 3 N–H and O–H groups in total. The molecule has 7 nitrogen and oxygen atoms in total. The van der Waals surface area contributed by atoms with Crippen LogP contribution in [0.5, 0.6) is 0 Å². The van der Waals surface area contributed by atoms with Crippen molar-refractivity contribution in [2.45, 2.75) is 11.4 Å². The maximum absolute atomic E-state index is 13.0. The van der Waals surface area contributed by atoms with Crippen LogP contribution in [0.3, 0.4) is 0 Å². The lowest BCUT2D eigenvalue weighted by atomic mass is 10.0. The minimum absolute atomic E-state index is 0.0163. The summed E-state index contributed by atoms with van der Waals surface area (Å²) in [6.45, 7) is 0.399. The number of carbonyl (C=O) groups excluding carboxylic acids is 2. The summed E-state index contributed by atoms with van der Waals surface area (Å²) in [7, 11) is -4.06. The molecule has 0 aliphatic carbocycles. The van der Waals surface area contributed by atoms with Gasteiger partial charge in [-0.25, -0.2) is 13.1 Å². The third kappa shape index (κ3) is 6.87. The average molecular weight is 562 g/mol. The third-order valence-corrected chi connectivity index (χ3v) is 7.74. The van der Waals surface area contributed by atoms with Gasteiger partial charge in [0.2, 0.25) is 0 Å². The van der Waals surface area contributed by atoms with E-state index in [2.05, 4.69) is 15.4 Å². The monoisotopic (exact) mass is 561 g/mol. The zero-order valence-corrected chi connectivity index (χ0v) is 22.8. The molecule has 0 saturated heterocycles. The van der Waals surface area contributed by atoms with Crippen LogP contribution in [-0.4, -0.2) is 20.2 Å². The van der Waals surface area contributed by atoms with Gasteiger partial charge in [0.05, 0.1) is 16.3 Å². The van der Waals surface area contributed by atoms with Gasteiger partial charge in [-0.1, -0.05) is 91.0 Å². The van der Waals surface area contributed by atoms with E-state index in [-0.39, 0.29) is 16.4 Å². The van der Waals surface area contributed by atoms with E-state index in [1.165, 1.54) is 24.3 Å². The minimum Gasteiger partial charge on any atom is -0.379 e. The van der Waals surface area contributed by atoms with Crippen molar-refractivity contribution in [3.8, 4) is 11.1 Å². The van der Waals surface area contributed by atoms with E-state index in [9.17, 15) is 18.0 Å². The van der Waals surface area contributed by atoms with Gasteiger partial charge in [0.25, 0.3) is 21.8 Å². The van der Waals surface area contributed by atoms with Crippen LogP contribution in [-0.2, 0) is 16.6 Å². The molecule has 0 aliphatic heterocycles. The summed E-state index contributed by atoms with van der Waals surface area (Å²) in [6.07, 6.45) is 0. The summed E-state index contributed by atoms with van der Waals surface area (Å²) in [4.78, 5) is 25.8. The third-order valence-electron chi connectivity index (χ3n) is 6.39. The SMILES string of the molecule is O=C(Nc1ccc(C(=O)NS(=O)(=O)c2ccccc2)cc1NCc1ccc(-c2ccccc2)cc1)c1ccccc1. The first-order chi connectivity index (χ1) is 19.9. The van der Waals surface area contributed by atoms with Gasteiger partial charge in [0.15, 0.2) is 0 Å². The van der Waals surface area contributed by atoms with Crippen LogP contribution in [0.25, 0.3) is 11.1 Å². The molecule has 2 amide bonds. The number of carbonyl (C=O) groups is 2. The van der Waals surface area contributed by atoms with Gasteiger partial charge < -0.3 is 10.6 Å². The van der Waals surface area contributed by atoms with Gasteiger partial charge in [-0.15, -0.1) is 0 Å². The molecule has 204 valence electrons. The number of nitrogens with one attached hydrogen (secondary N) is 3. The molecule has 0 unspecified atom stereocenters. The summed E-state index contributed by atoms with van der Waals surface area (Å²) < 4.78 is 27.5. The maximum atomic E-state index is 13.0. The molecule has 5 rings (SSSR count). The first-order valence-electron chi connectivity index (χ1n) is 12.9. The molecule has 41 heavy (non-hydrogen) atoms. The Balaban J connectivity index is 1.38. The van der Waals surface area contributed by atoms with Crippen molar-refractivity contribution in [1.29, 1.82) is 0 Å². The van der Waals surface area contributed by atoms with Crippen LogP contribution in [0.2, 0.25) is 0 Å². The van der Waals surface area contributed by atoms with E-state index < -0.39 is 15.9 Å². The van der Waals surface area contributed by atoms with Crippen LogP contribution in [0, 0.1) is 0 Å². The van der Waals surface area contributed by atoms with Crippen molar-refractivity contribution in [2.24, 2.45) is 0 Å². The number of benzene rings is 5. The molecule has 0 aliphatic rings. The Morgan fingerprint density at radius 2 is 1.15 bits per heavy atom. The van der Waals surface area contributed by atoms with Crippen molar-refractivity contribution >= 4 is 33.2 Å². The van der Waals surface area contributed by atoms with Crippen LogP contribution < -0.4 is 15.4 Å². The highest BCUT2D eigenvalue weighted by atomic mass is 32.2. The summed E-state index contributed by atoms with van der Waals surface area (Å²) in [5.41, 5.74) is 4.68. The predicted octanol–water partition coefficient (Wildman–Crippen LogP) is 6.34. The smallest absolute Gasteiger partial charge is 0.265 e. The Bertz CT molecular complexity index is 1760. The van der Waals surface area contributed by atoms with Gasteiger partial charge in [-0.05, 0) is 59.2 Å². The molecule has 0 atom stereocenters. The summed E-state index contributed by atoms with van der Waals surface area (Å²) in [5.74, 6) is -1.10. The zero-order valence-electron chi connectivity index (χ0n) is 22.0. The van der Waals surface area contributed by atoms with Crippen LogP contribution >= 0.6 is 0 Å². The summed E-state index contributed by atoms with van der Waals surface area (Å²) >= 11 is 0. The van der Waals surface area contributed by atoms with E-state index in [1.54, 1.807) is 48.5 Å². The molecule has 5 aromatic rings. The second-order valence-corrected chi connectivity index (χ2v) is 10.9. The van der Waals surface area contributed by atoms with Crippen molar-refractivity contribution < 1.29 is 18.0 Å². The highest BCUT2D eigenvalue weighted by Crippen LogP contribution is 2.26. The molecule has 0 spiro atoms. The topological polar surface area (TPSA) is 104 Å². The van der Waals surface area contributed by atoms with Crippen LogP contribution in [0.1, 0.15) is 26.3 Å². The van der Waals surface area contributed by atoms with E-state index in [4.69, 9.17) is 0 Å². The first-order valence-corrected chi connectivity index (χ1v) is 14.4. The lowest BCUT2D eigenvalue weighted by Crippen LogP contribution is -2.30. The van der Waals surface area contributed by atoms with E-state index in [1.807, 2.05) is 60.7 Å². The molecule has 5 aromatic carbocycles. The largest absolute Gasteiger partial charge is 0.379 e. The van der Waals surface area contributed by atoms with Crippen molar-refractivity contribution in [1.82, 2.24) is 4.72 Å². The van der Waals surface area contributed by atoms with Crippen LogP contribution in [0.15, 0.2) is 138 Å². The summed E-state index contributed by atoms with van der Waals surface area (Å²) in [6, 6.07) is 39.1. The number of anilines is 2. The van der Waals surface area contributed by atoms with Crippen LogP contribution in [0.4, 0.5) is 11.4 Å². The van der Waals surface area contributed by atoms with Gasteiger partial charge in [-0.3, -0.25) is 9.59 Å². The van der Waals surface area contributed by atoms with Gasteiger partial charge in [-0.2, -0.15) is 0 Å². The fourth-order valence-electron chi connectivity index (χ4n) is 4.21. The molecule has 0 heterocycles. The van der Waals surface area contributed by atoms with E-state index in [0.29, 0.717) is 23.5 Å². The number of hydrogen-bond donors (Lipinski definition) is 3. The second kappa shape index (κ2) is 12.3. The lowest BCUT2D eigenvalue weighted by Gasteiger charge is -2.16. The second-order valence-electron chi connectivity index (χ2n) is 9.24. The van der Waals surface area contributed by atoms with Crippen molar-refractivity contribution in [2.75, 3.05) is 10.6 Å². The lowest BCUT2D eigenvalue weighted by molar-refractivity contribution is 0.0980. The molecule has 0 bridgehead atoms. The van der Waals surface area contributed by atoms with Gasteiger partial charge in [0, 0.05) is 17.7 Å². The molecule has 0 aromatic heterocycles. The normalized spacial score (nSPS) is 10.9. The maximum Gasteiger partial charge on any atom is 0.265 e.